The standard InChI is InChI=1S/C8H18N/c1-5-8(9-4)6-7(2)3/h6-9H,5H2,1-4H3. The van der Waals surface area contributed by atoms with Gasteiger partial charge in [0.15, 0.2) is 0 Å². The van der Waals surface area contributed by atoms with Crippen molar-refractivity contribution < 1.29 is 0 Å². The van der Waals surface area contributed by atoms with Crippen LogP contribution in [0.2, 0.25) is 0 Å². The molecule has 0 bridgehead atoms. The van der Waals surface area contributed by atoms with Gasteiger partial charge in [0.05, 0.1) is 0 Å². The van der Waals surface area contributed by atoms with Crippen molar-refractivity contribution in [2.75, 3.05) is 7.05 Å². The fourth-order valence-corrected chi connectivity index (χ4v) is 0.901. The van der Waals surface area contributed by atoms with Gasteiger partial charge in [0, 0.05) is 6.04 Å². The molecule has 9 heavy (non-hydrogen) atoms. The van der Waals surface area contributed by atoms with Crippen LogP contribution in [0.4, 0.5) is 0 Å². The SMILES string of the molecule is CCC([CH]C(C)C)NC. The van der Waals surface area contributed by atoms with Crippen LogP contribution in [0.1, 0.15) is 27.2 Å². The molecule has 0 spiro atoms. The fourth-order valence-electron chi connectivity index (χ4n) is 0.901. The second kappa shape index (κ2) is 4.80. The Bertz CT molecular complexity index is 55.6. The smallest absolute Gasteiger partial charge is 0.00954 e. The second-order valence-corrected chi connectivity index (χ2v) is 2.74. The molecule has 1 nitrogen and oxygen atoms in total. The average Bonchev–Trinajstić information content (AvgIpc) is 1.82. The highest BCUT2D eigenvalue weighted by atomic mass is 14.9. The van der Waals surface area contributed by atoms with E-state index < -0.39 is 0 Å². The molecule has 1 radical (unpaired) electrons. The second-order valence-electron chi connectivity index (χ2n) is 2.74. The van der Waals surface area contributed by atoms with Crippen molar-refractivity contribution in [1.29, 1.82) is 0 Å². The van der Waals surface area contributed by atoms with Crippen LogP contribution in [0.3, 0.4) is 0 Å². The molecule has 1 N–H and O–H groups in total. The summed E-state index contributed by atoms with van der Waals surface area (Å²) in [4.78, 5) is 0. The van der Waals surface area contributed by atoms with Gasteiger partial charge in [-0.15, -0.1) is 0 Å². The van der Waals surface area contributed by atoms with E-state index in [1.165, 1.54) is 6.42 Å². The summed E-state index contributed by atoms with van der Waals surface area (Å²) < 4.78 is 0. The van der Waals surface area contributed by atoms with E-state index in [2.05, 4.69) is 32.5 Å². The summed E-state index contributed by atoms with van der Waals surface area (Å²) >= 11 is 0. The Morgan fingerprint density at radius 1 is 1.44 bits per heavy atom. The van der Waals surface area contributed by atoms with Gasteiger partial charge in [-0.2, -0.15) is 0 Å². The molecule has 0 aliphatic rings. The maximum atomic E-state index is 3.23. The Morgan fingerprint density at radius 2 is 2.00 bits per heavy atom. The summed E-state index contributed by atoms with van der Waals surface area (Å²) in [6, 6.07) is 0.602. The Morgan fingerprint density at radius 3 is 2.11 bits per heavy atom. The lowest BCUT2D eigenvalue weighted by Crippen LogP contribution is -2.26. The predicted octanol–water partition coefficient (Wildman–Crippen LogP) is 1.84. The fraction of sp³-hybridized carbons (Fsp3) is 0.875. The van der Waals surface area contributed by atoms with Gasteiger partial charge < -0.3 is 5.32 Å². The predicted molar refractivity (Wildman–Crippen MR) is 42.3 cm³/mol. The molecule has 0 rings (SSSR count). The first-order valence-electron chi connectivity index (χ1n) is 3.73. The summed E-state index contributed by atoms with van der Waals surface area (Å²) in [5.74, 6) is 0.697. The molecular weight excluding hydrogens is 110 g/mol. The van der Waals surface area contributed by atoms with Crippen LogP contribution in [-0.2, 0) is 0 Å². The minimum absolute atomic E-state index is 0.602. The Labute approximate surface area is 58.8 Å². The van der Waals surface area contributed by atoms with Crippen LogP contribution >= 0.6 is 0 Å². The van der Waals surface area contributed by atoms with Crippen molar-refractivity contribution in [1.82, 2.24) is 5.32 Å². The third-order valence-electron chi connectivity index (χ3n) is 1.43. The first-order chi connectivity index (χ1) is 4.20. The monoisotopic (exact) mass is 128 g/mol. The first-order valence-corrected chi connectivity index (χ1v) is 3.73. The van der Waals surface area contributed by atoms with Crippen molar-refractivity contribution in [2.24, 2.45) is 5.92 Å². The normalized spacial score (nSPS) is 14.3. The number of hydrogen-bond acceptors (Lipinski definition) is 1. The largest absolute Gasteiger partial charge is 0.317 e. The highest BCUT2D eigenvalue weighted by molar-refractivity contribution is 4.82. The van der Waals surface area contributed by atoms with Crippen molar-refractivity contribution >= 4 is 0 Å². The van der Waals surface area contributed by atoms with E-state index in [1.54, 1.807) is 0 Å². The molecule has 0 fully saturated rings. The van der Waals surface area contributed by atoms with E-state index in [1.807, 2.05) is 7.05 Å². The molecule has 1 unspecified atom stereocenters. The van der Waals surface area contributed by atoms with Crippen LogP contribution in [0.25, 0.3) is 0 Å². The van der Waals surface area contributed by atoms with Gasteiger partial charge in [0.1, 0.15) is 0 Å². The Kier molecular flexibility index (Phi) is 4.78. The van der Waals surface area contributed by atoms with Crippen LogP contribution < -0.4 is 5.32 Å². The number of rotatable bonds is 4. The van der Waals surface area contributed by atoms with Crippen molar-refractivity contribution in [3.8, 4) is 0 Å². The Balaban J connectivity index is 3.31. The topological polar surface area (TPSA) is 12.0 Å². The molecule has 0 aromatic rings. The zero-order chi connectivity index (χ0) is 7.28. The molecule has 55 valence electrons. The van der Waals surface area contributed by atoms with E-state index >= 15 is 0 Å². The summed E-state index contributed by atoms with van der Waals surface area (Å²) in [5.41, 5.74) is 0. The lowest BCUT2D eigenvalue weighted by Gasteiger charge is -2.14. The van der Waals surface area contributed by atoms with E-state index in [0.717, 1.165) is 0 Å². The lowest BCUT2D eigenvalue weighted by atomic mass is 10.0. The highest BCUT2D eigenvalue weighted by Crippen LogP contribution is 2.04. The minimum atomic E-state index is 0.602. The zero-order valence-corrected chi connectivity index (χ0v) is 6.94. The summed E-state index contributed by atoms with van der Waals surface area (Å²) in [7, 11) is 2.01. The maximum Gasteiger partial charge on any atom is 0.00954 e. The quantitative estimate of drug-likeness (QED) is 0.609. The highest BCUT2D eigenvalue weighted by Gasteiger charge is 2.04. The van der Waals surface area contributed by atoms with Gasteiger partial charge in [0.25, 0.3) is 0 Å². The molecule has 0 saturated carbocycles. The summed E-state index contributed by atoms with van der Waals surface area (Å²) in [5, 5.41) is 3.23. The van der Waals surface area contributed by atoms with Crippen LogP contribution in [0, 0.1) is 12.3 Å². The minimum Gasteiger partial charge on any atom is -0.317 e. The van der Waals surface area contributed by atoms with E-state index in [0.29, 0.717) is 12.0 Å². The van der Waals surface area contributed by atoms with E-state index in [-0.39, 0.29) is 0 Å². The zero-order valence-electron chi connectivity index (χ0n) is 6.94. The number of hydrogen-bond donors (Lipinski definition) is 1. The third kappa shape index (κ3) is 4.46. The van der Waals surface area contributed by atoms with Crippen LogP contribution in [-0.4, -0.2) is 13.1 Å². The van der Waals surface area contributed by atoms with Gasteiger partial charge in [-0.05, 0) is 25.8 Å². The van der Waals surface area contributed by atoms with Gasteiger partial charge in [0.2, 0.25) is 0 Å². The van der Waals surface area contributed by atoms with Crippen LogP contribution in [0.5, 0.6) is 0 Å². The summed E-state index contributed by atoms with van der Waals surface area (Å²) in [6.07, 6.45) is 3.52. The van der Waals surface area contributed by atoms with Crippen molar-refractivity contribution in [3.63, 3.8) is 0 Å². The molecule has 0 aliphatic heterocycles. The average molecular weight is 128 g/mol. The number of nitrogens with one attached hydrogen (secondary N) is 1. The van der Waals surface area contributed by atoms with Crippen molar-refractivity contribution in [2.45, 2.75) is 33.2 Å². The van der Waals surface area contributed by atoms with Gasteiger partial charge >= 0.3 is 0 Å². The van der Waals surface area contributed by atoms with E-state index in [4.69, 9.17) is 0 Å². The molecule has 0 aliphatic carbocycles. The van der Waals surface area contributed by atoms with E-state index in [9.17, 15) is 0 Å². The first kappa shape index (κ1) is 8.96. The molecule has 0 saturated heterocycles. The molecule has 1 atom stereocenters. The van der Waals surface area contributed by atoms with Crippen LogP contribution in [0.15, 0.2) is 0 Å². The van der Waals surface area contributed by atoms with Crippen molar-refractivity contribution in [3.05, 3.63) is 6.42 Å². The lowest BCUT2D eigenvalue weighted by molar-refractivity contribution is 0.545. The maximum absolute atomic E-state index is 3.23. The van der Waals surface area contributed by atoms with Gasteiger partial charge in [-0.3, -0.25) is 0 Å². The molecule has 0 aromatic heterocycles. The summed E-state index contributed by atoms with van der Waals surface area (Å²) in [6.45, 7) is 6.61. The third-order valence-corrected chi connectivity index (χ3v) is 1.43. The molecule has 0 aromatic carbocycles. The Hall–Kier alpha value is -0.0400. The molecular formula is C8H18N. The van der Waals surface area contributed by atoms with Gasteiger partial charge in [-0.25, -0.2) is 0 Å². The molecule has 0 amide bonds. The van der Waals surface area contributed by atoms with Gasteiger partial charge in [-0.1, -0.05) is 20.8 Å². The molecule has 1 heteroatoms. The molecule has 0 heterocycles.